The monoisotopic (exact) mass is 535 g/mol. The molecule has 0 aliphatic carbocycles. The van der Waals surface area contributed by atoms with Crippen molar-refractivity contribution in [3.8, 4) is 17.1 Å². The van der Waals surface area contributed by atoms with Crippen molar-refractivity contribution in [2.75, 3.05) is 13.2 Å². The molecule has 2 aromatic heterocycles. The minimum atomic E-state index is -0.397. The number of thiazole rings is 1. The van der Waals surface area contributed by atoms with Crippen LogP contribution in [0.5, 0.6) is 5.75 Å². The lowest BCUT2D eigenvalue weighted by Gasteiger charge is -2.29. The third-order valence-electron chi connectivity index (χ3n) is 5.77. The molecule has 0 aliphatic rings. The van der Waals surface area contributed by atoms with E-state index in [4.69, 9.17) is 18.7 Å². The minimum absolute atomic E-state index is 0.397. The van der Waals surface area contributed by atoms with Crippen LogP contribution in [0.4, 0.5) is 0 Å². The number of nitrogens with zero attached hydrogens (tertiary/aromatic N) is 3. The Morgan fingerprint density at radius 2 is 1.74 bits per heavy atom. The average Bonchev–Trinajstić information content (AvgIpc) is 3.59. The maximum Gasteiger partial charge on any atom is 0.209 e. The Balaban J connectivity index is 0.00000195. The van der Waals surface area contributed by atoms with Crippen LogP contribution in [0.1, 0.15) is 48.4 Å². The van der Waals surface area contributed by atoms with Gasteiger partial charge in [0.05, 0.1) is 25.9 Å². The summed E-state index contributed by atoms with van der Waals surface area (Å²) in [4.78, 5) is 19.4. The molecule has 8 heteroatoms. The van der Waals surface area contributed by atoms with E-state index in [1.165, 1.54) is 5.56 Å². The number of aryl methyl sites for hydroxylation is 2. The first-order valence-electron chi connectivity index (χ1n) is 12.6. The van der Waals surface area contributed by atoms with Gasteiger partial charge in [-0.1, -0.05) is 42.5 Å². The summed E-state index contributed by atoms with van der Waals surface area (Å²) in [5.41, 5.74) is 4.08. The molecule has 0 amide bonds. The van der Waals surface area contributed by atoms with Crippen LogP contribution in [-0.4, -0.2) is 40.5 Å². The SMILES string of the molecule is C=O.CCOCC(C)(C)Oc1c(C)cc(CN(Cc2ncc(-c3ccccc3)o2)Cc2nccs2)cc1C. The maximum atomic E-state index is 8.00. The van der Waals surface area contributed by atoms with Gasteiger partial charge in [0.2, 0.25) is 5.89 Å². The first-order chi connectivity index (χ1) is 18.3. The molecule has 0 saturated heterocycles. The van der Waals surface area contributed by atoms with Crippen molar-refractivity contribution >= 4 is 18.1 Å². The van der Waals surface area contributed by atoms with Crippen LogP contribution in [0.15, 0.2) is 64.7 Å². The van der Waals surface area contributed by atoms with Crippen LogP contribution in [0.2, 0.25) is 0 Å². The van der Waals surface area contributed by atoms with Gasteiger partial charge >= 0.3 is 0 Å². The summed E-state index contributed by atoms with van der Waals surface area (Å²) in [5.74, 6) is 2.40. The summed E-state index contributed by atoms with van der Waals surface area (Å²) in [6.45, 7) is 15.6. The van der Waals surface area contributed by atoms with E-state index in [1.807, 2.05) is 55.6 Å². The molecule has 4 rings (SSSR count). The number of oxazole rings is 1. The maximum absolute atomic E-state index is 8.00. The smallest absolute Gasteiger partial charge is 0.209 e. The molecule has 2 heterocycles. The summed E-state index contributed by atoms with van der Waals surface area (Å²) >= 11 is 1.66. The predicted octanol–water partition coefficient (Wildman–Crippen LogP) is 6.63. The topological polar surface area (TPSA) is 77.7 Å². The van der Waals surface area contributed by atoms with Crippen molar-refractivity contribution in [2.45, 2.75) is 59.9 Å². The number of hydrogen-bond acceptors (Lipinski definition) is 8. The Bertz CT molecular complexity index is 1230. The van der Waals surface area contributed by atoms with Crippen molar-refractivity contribution in [1.82, 2.24) is 14.9 Å². The van der Waals surface area contributed by atoms with Crippen molar-refractivity contribution in [2.24, 2.45) is 0 Å². The van der Waals surface area contributed by atoms with Crippen LogP contribution in [0.3, 0.4) is 0 Å². The number of benzene rings is 2. The van der Waals surface area contributed by atoms with E-state index in [-0.39, 0.29) is 0 Å². The molecule has 0 spiro atoms. The summed E-state index contributed by atoms with van der Waals surface area (Å²) in [5, 5.41) is 3.08. The fourth-order valence-corrected chi connectivity index (χ4v) is 4.86. The van der Waals surface area contributed by atoms with Gasteiger partial charge in [0.15, 0.2) is 5.76 Å². The Kier molecular flexibility index (Phi) is 10.8. The highest BCUT2D eigenvalue weighted by Crippen LogP contribution is 2.30. The molecule has 2 aromatic carbocycles. The van der Waals surface area contributed by atoms with Crippen molar-refractivity contribution in [3.63, 3.8) is 0 Å². The quantitative estimate of drug-likeness (QED) is 0.202. The van der Waals surface area contributed by atoms with E-state index in [0.29, 0.717) is 25.6 Å². The second-order valence-corrected chi connectivity index (χ2v) is 10.6. The molecule has 202 valence electrons. The van der Waals surface area contributed by atoms with Crippen molar-refractivity contribution in [3.05, 3.63) is 87.8 Å². The van der Waals surface area contributed by atoms with Gasteiger partial charge < -0.3 is 18.7 Å². The number of rotatable bonds is 12. The molecule has 0 unspecified atom stereocenters. The summed E-state index contributed by atoms with van der Waals surface area (Å²) < 4.78 is 18.1. The van der Waals surface area contributed by atoms with Crippen LogP contribution in [0.25, 0.3) is 11.3 Å². The van der Waals surface area contributed by atoms with Crippen LogP contribution >= 0.6 is 11.3 Å². The lowest BCUT2D eigenvalue weighted by molar-refractivity contribution is -0.0980. The number of aromatic nitrogens is 2. The average molecular weight is 536 g/mol. The molecular weight excluding hydrogens is 498 g/mol. The molecule has 4 aromatic rings. The predicted molar refractivity (Wildman–Crippen MR) is 151 cm³/mol. The molecule has 0 N–H and O–H groups in total. The third-order valence-corrected chi connectivity index (χ3v) is 6.54. The van der Waals surface area contributed by atoms with Gasteiger partial charge in [-0.05, 0) is 51.3 Å². The fourth-order valence-electron chi connectivity index (χ4n) is 4.20. The molecule has 38 heavy (non-hydrogen) atoms. The van der Waals surface area contributed by atoms with Gasteiger partial charge in [-0.3, -0.25) is 4.90 Å². The Morgan fingerprint density at radius 3 is 2.37 bits per heavy atom. The molecule has 0 radical (unpaired) electrons. The summed E-state index contributed by atoms with van der Waals surface area (Å²) in [7, 11) is 0. The van der Waals surface area contributed by atoms with E-state index in [0.717, 1.165) is 46.3 Å². The standard InChI is InChI=1S/C29H35N3O3S.CH2O/c1-6-33-20-29(4,5)35-28-21(2)14-23(15-22(28)3)17-32(19-27-30-12-13-36-27)18-26-31-16-25(34-26)24-10-8-7-9-11-24;1-2/h7-16H,6,17-20H2,1-5H3;1H2. The van der Waals surface area contributed by atoms with E-state index < -0.39 is 5.60 Å². The molecule has 7 nitrogen and oxygen atoms in total. The number of carbonyl (C=O) groups excluding carboxylic acids is 1. The fraction of sp³-hybridized carbons (Fsp3) is 0.367. The molecule has 0 bridgehead atoms. The highest BCUT2D eigenvalue weighted by molar-refractivity contribution is 7.09. The first kappa shape index (κ1) is 29.2. The molecule has 0 fully saturated rings. The van der Waals surface area contributed by atoms with Gasteiger partial charge in [-0.25, -0.2) is 9.97 Å². The highest BCUT2D eigenvalue weighted by atomic mass is 32.1. The minimum Gasteiger partial charge on any atom is -0.485 e. The van der Waals surface area contributed by atoms with Gasteiger partial charge in [0, 0.05) is 30.3 Å². The molecule has 0 aliphatic heterocycles. The zero-order valence-corrected chi connectivity index (χ0v) is 23.7. The van der Waals surface area contributed by atoms with Crippen molar-refractivity contribution < 1.29 is 18.7 Å². The normalized spacial score (nSPS) is 11.3. The largest absolute Gasteiger partial charge is 0.485 e. The van der Waals surface area contributed by atoms with Gasteiger partial charge in [-0.2, -0.15) is 0 Å². The third kappa shape index (κ3) is 8.34. The second kappa shape index (κ2) is 14.0. The number of ether oxygens (including phenoxy) is 2. The lowest BCUT2D eigenvalue weighted by Crippen LogP contribution is -2.34. The molecule has 0 saturated carbocycles. The van der Waals surface area contributed by atoms with E-state index >= 15 is 0 Å². The Hall–Kier alpha value is -3.33. The molecule has 0 atom stereocenters. The zero-order valence-electron chi connectivity index (χ0n) is 22.9. The Morgan fingerprint density at radius 1 is 1.03 bits per heavy atom. The number of carbonyl (C=O) groups is 1. The summed E-state index contributed by atoms with van der Waals surface area (Å²) in [6, 6.07) is 14.5. The van der Waals surface area contributed by atoms with E-state index in [9.17, 15) is 0 Å². The first-order valence-corrected chi connectivity index (χ1v) is 13.5. The Labute approximate surface area is 229 Å². The van der Waals surface area contributed by atoms with Gasteiger partial charge in [0.25, 0.3) is 0 Å². The van der Waals surface area contributed by atoms with Crippen LogP contribution < -0.4 is 4.74 Å². The van der Waals surface area contributed by atoms with Gasteiger partial charge in [-0.15, -0.1) is 11.3 Å². The summed E-state index contributed by atoms with van der Waals surface area (Å²) in [6.07, 6.45) is 3.65. The van der Waals surface area contributed by atoms with Crippen LogP contribution in [-0.2, 0) is 29.2 Å². The van der Waals surface area contributed by atoms with Gasteiger partial charge in [0.1, 0.15) is 23.1 Å². The van der Waals surface area contributed by atoms with Crippen molar-refractivity contribution in [1.29, 1.82) is 0 Å². The molecular formula is C30H37N3O4S. The van der Waals surface area contributed by atoms with E-state index in [1.54, 1.807) is 17.5 Å². The highest BCUT2D eigenvalue weighted by Gasteiger charge is 2.23. The second-order valence-electron chi connectivity index (χ2n) is 9.61. The van der Waals surface area contributed by atoms with E-state index in [2.05, 4.69) is 54.7 Å². The zero-order chi connectivity index (χ0) is 27.5. The number of hydrogen-bond donors (Lipinski definition) is 0. The van der Waals surface area contributed by atoms with Crippen LogP contribution in [0, 0.1) is 13.8 Å². The lowest BCUT2D eigenvalue weighted by atomic mass is 10.0.